The molecule has 1 aliphatic carbocycles. The van der Waals surface area contributed by atoms with E-state index in [1.165, 1.54) is 26.7 Å². The van der Waals surface area contributed by atoms with Gasteiger partial charge >= 0.3 is 0 Å². The molecule has 0 fully saturated rings. The van der Waals surface area contributed by atoms with Crippen LogP contribution in [0.3, 0.4) is 0 Å². The summed E-state index contributed by atoms with van der Waals surface area (Å²) in [5.74, 6) is -0.517. The molecular weight excluding hydrogens is 354 g/mol. The van der Waals surface area contributed by atoms with Gasteiger partial charge in [-0.3, -0.25) is 14.5 Å². The molecule has 1 atom stereocenters. The second-order valence-electron chi connectivity index (χ2n) is 6.67. The van der Waals surface area contributed by atoms with Crippen LogP contribution in [0.25, 0.3) is 0 Å². The van der Waals surface area contributed by atoms with Crippen molar-refractivity contribution in [2.45, 2.75) is 38.6 Å². The van der Waals surface area contributed by atoms with E-state index in [-0.39, 0.29) is 11.9 Å². The Balaban J connectivity index is 1.48. The molecule has 5 nitrogen and oxygen atoms in total. The van der Waals surface area contributed by atoms with E-state index < -0.39 is 5.91 Å². The van der Waals surface area contributed by atoms with Gasteiger partial charge in [-0.15, -0.1) is 22.7 Å². The Morgan fingerprint density at radius 1 is 1.32 bits per heavy atom. The van der Waals surface area contributed by atoms with E-state index in [1.807, 2.05) is 0 Å². The van der Waals surface area contributed by atoms with Gasteiger partial charge in [-0.2, -0.15) is 0 Å². The number of rotatable bonds is 4. The number of hydrogen-bond acceptors (Lipinski definition) is 5. The Bertz CT molecular complexity index is 839. The van der Waals surface area contributed by atoms with Crippen LogP contribution in [0.2, 0.25) is 0 Å². The summed E-state index contributed by atoms with van der Waals surface area (Å²) in [5, 5.41) is 5.70. The molecule has 4 rings (SSSR count). The van der Waals surface area contributed by atoms with E-state index >= 15 is 0 Å². The molecule has 3 heterocycles. The number of hydrogen-bond donors (Lipinski definition) is 2. The van der Waals surface area contributed by atoms with Crippen LogP contribution < -0.4 is 11.1 Å². The van der Waals surface area contributed by atoms with Crippen LogP contribution in [0.15, 0.2) is 11.4 Å². The van der Waals surface area contributed by atoms with Gasteiger partial charge in [-0.1, -0.05) is 0 Å². The number of carbonyl (C=O) groups is 2. The zero-order valence-corrected chi connectivity index (χ0v) is 15.8. The van der Waals surface area contributed by atoms with Gasteiger partial charge in [0.2, 0.25) is 5.91 Å². The molecule has 7 heteroatoms. The number of anilines is 1. The first-order valence-corrected chi connectivity index (χ1v) is 10.3. The van der Waals surface area contributed by atoms with E-state index in [2.05, 4.69) is 28.6 Å². The first-order chi connectivity index (χ1) is 12.0. The first kappa shape index (κ1) is 16.8. The SMILES string of the molecule is C[C@@H]1c2ccsc2CCN1CC(=O)Nc1sc2c(c1C(N)=O)CCC2. The zero-order chi connectivity index (χ0) is 17.6. The van der Waals surface area contributed by atoms with Crippen molar-refractivity contribution in [2.24, 2.45) is 5.73 Å². The van der Waals surface area contributed by atoms with Crippen LogP contribution in [0.1, 0.15) is 50.6 Å². The van der Waals surface area contributed by atoms with Gasteiger partial charge in [-0.05, 0) is 55.2 Å². The van der Waals surface area contributed by atoms with E-state index in [9.17, 15) is 9.59 Å². The van der Waals surface area contributed by atoms with Gasteiger partial charge < -0.3 is 11.1 Å². The van der Waals surface area contributed by atoms with Crippen molar-refractivity contribution < 1.29 is 9.59 Å². The summed E-state index contributed by atoms with van der Waals surface area (Å²) in [6.45, 7) is 3.36. The molecule has 2 amide bonds. The Hall–Kier alpha value is -1.70. The van der Waals surface area contributed by atoms with Crippen molar-refractivity contribution in [1.29, 1.82) is 0 Å². The van der Waals surface area contributed by atoms with Gasteiger partial charge in [0.1, 0.15) is 5.00 Å². The lowest BCUT2D eigenvalue weighted by Crippen LogP contribution is -2.39. The quantitative estimate of drug-likeness (QED) is 0.863. The van der Waals surface area contributed by atoms with Crippen molar-refractivity contribution in [2.75, 3.05) is 18.4 Å². The largest absolute Gasteiger partial charge is 0.365 e. The highest BCUT2D eigenvalue weighted by Crippen LogP contribution is 2.39. The summed E-state index contributed by atoms with van der Waals surface area (Å²) >= 11 is 3.30. The fourth-order valence-corrected chi connectivity index (χ4v) is 6.15. The van der Waals surface area contributed by atoms with Crippen LogP contribution in [-0.4, -0.2) is 29.8 Å². The van der Waals surface area contributed by atoms with Gasteiger partial charge in [0.15, 0.2) is 0 Å². The minimum Gasteiger partial charge on any atom is -0.365 e. The molecule has 0 unspecified atom stereocenters. The van der Waals surface area contributed by atoms with Crippen molar-refractivity contribution >= 4 is 39.5 Å². The molecule has 0 bridgehead atoms. The number of nitrogens with two attached hydrogens (primary N) is 1. The number of amides is 2. The molecule has 0 saturated heterocycles. The number of nitrogens with one attached hydrogen (secondary N) is 1. The third kappa shape index (κ3) is 3.01. The highest BCUT2D eigenvalue weighted by atomic mass is 32.1. The highest BCUT2D eigenvalue weighted by Gasteiger charge is 2.29. The maximum Gasteiger partial charge on any atom is 0.251 e. The van der Waals surface area contributed by atoms with E-state index in [0.29, 0.717) is 17.1 Å². The normalized spacial score (nSPS) is 19.5. The molecule has 0 radical (unpaired) electrons. The molecule has 1 aliphatic heterocycles. The van der Waals surface area contributed by atoms with Gasteiger partial charge in [0, 0.05) is 22.3 Å². The van der Waals surface area contributed by atoms with Crippen molar-refractivity contribution in [3.63, 3.8) is 0 Å². The summed E-state index contributed by atoms with van der Waals surface area (Å²) in [6, 6.07) is 2.40. The summed E-state index contributed by atoms with van der Waals surface area (Å²) < 4.78 is 0. The Labute approximate surface area is 154 Å². The standard InChI is InChI=1S/C18H21N3O2S2/c1-10-11-6-8-24-13(11)5-7-21(10)9-15(22)20-18-16(17(19)23)12-3-2-4-14(12)25-18/h6,8,10H,2-5,7,9H2,1H3,(H2,19,23)(H,20,22)/t10-/m1/s1. The predicted octanol–water partition coefficient (Wildman–Crippen LogP) is 2.96. The lowest BCUT2D eigenvalue weighted by molar-refractivity contribution is -0.117. The molecule has 2 aliphatic rings. The molecule has 25 heavy (non-hydrogen) atoms. The fourth-order valence-electron chi connectivity index (χ4n) is 3.88. The zero-order valence-electron chi connectivity index (χ0n) is 14.1. The lowest BCUT2D eigenvalue weighted by atomic mass is 10.0. The summed E-state index contributed by atoms with van der Waals surface area (Å²) in [4.78, 5) is 29.2. The van der Waals surface area contributed by atoms with Crippen molar-refractivity contribution in [3.8, 4) is 0 Å². The average molecular weight is 376 g/mol. The number of nitrogens with zero attached hydrogens (tertiary/aromatic N) is 1. The van der Waals surface area contributed by atoms with E-state index in [4.69, 9.17) is 5.73 Å². The number of thiophene rings is 2. The lowest BCUT2D eigenvalue weighted by Gasteiger charge is -2.32. The van der Waals surface area contributed by atoms with E-state index in [1.54, 1.807) is 11.3 Å². The second kappa shape index (κ2) is 6.55. The van der Waals surface area contributed by atoms with Gasteiger partial charge in [-0.25, -0.2) is 0 Å². The molecule has 0 saturated carbocycles. The minimum atomic E-state index is -0.441. The van der Waals surface area contributed by atoms with E-state index in [0.717, 1.165) is 37.8 Å². The Morgan fingerprint density at radius 3 is 2.96 bits per heavy atom. The minimum absolute atomic E-state index is 0.0760. The number of fused-ring (bicyclic) bond motifs is 2. The molecule has 0 aromatic carbocycles. The van der Waals surface area contributed by atoms with Crippen LogP contribution >= 0.6 is 22.7 Å². The maximum atomic E-state index is 12.6. The Morgan fingerprint density at radius 2 is 2.16 bits per heavy atom. The predicted molar refractivity (Wildman–Crippen MR) is 102 cm³/mol. The smallest absolute Gasteiger partial charge is 0.251 e. The van der Waals surface area contributed by atoms with Crippen molar-refractivity contribution in [1.82, 2.24) is 4.90 Å². The molecule has 2 aromatic heterocycles. The summed E-state index contributed by atoms with van der Waals surface area (Å²) in [5.41, 5.74) is 8.46. The van der Waals surface area contributed by atoms with Gasteiger partial charge in [0.05, 0.1) is 12.1 Å². The third-order valence-corrected chi connectivity index (χ3v) is 7.37. The fraction of sp³-hybridized carbons (Fsp3) is 0.444. The van der Waals surface area contributed by atoms with Crippen LogP contribution in [0, 0.1) is 0 Å². The first-order valence-electron chi connectivity index (χ1n) is 8.59. The second-order valence-corrected chi connectivity index (χ2v) is 8.78. The van der Waals surface area contributed by atoms with Crippen molar-refractivity contribution in [3.05, 3.63) is 37.9 Å². The molecule has 0 spiro atoms. The summed E-state index contributed by atoms with van der Waals surface area (Å²) in [6.07, 6.45) is 3.90. The third-order valence-electron chi connectivity index (χ3n) is 5.17. The average Bonchev–Trinajstić information content (AvgIpc) is 3.24. The van der Waals surface area contributed by atoms with Crippen LogP contribution in [-0.2, 0) is 24.1 Å². The number of aryl methyl sites for hydroxylation is 1. The van der Waals surface area contributed by atoms with Crippen LogP contribution in [0.4, 0.5) is 5.00 Å². The maximum absolute atomic E-state index is 12.6. The number of carbonyl (C=O) groups excluding carboxylic acids is 2. The topological polar surface area (TPSA) is 75.4 Å². The monoisotopic (exact) mass is 375 g/mol. The molecule has 2 aromatic rings. The van der Waals surface area contributed by atoms with Crippen LogP contribution in [0.5, 0.6) is 0 Å². The van der Waals surface area contributed by atoms with Gasteiger partial charge in [0.25, 0.3) is 5.91 Å². The molecule has 132 valence electrons. The Kier molecular flexibility index (Phi) is 4.39. The highest BCUT2D eigenvalue weighted by molar-refractivity contribution is 7.17. The molecular formula is C18H21N3O2S2. The summed E-state index contributed by atoms with van der Waals surface area (Å²) in [7, 11) is 0. The number of primary amides is 1. The molecule has 3 N–H and O–H groups in total.